The summed E-state index contributed by atoms with van der Waals surface area (Å²) in [4.78, 5) is 11.1. The lowest BCUT2D eigenvalue weighted by atomic mass is 9.98. The first-order chi connectivity index (χ1) is 14.2. The highest BCUT2D eigenvalue weighted by Gasteiger charge is 2.13. The zero-order valence-electron chi connectivity index (χ0n) is 16.0. The lowest BCUT2D eigenvalue weighted by Crippen LogP contribution is -2.06. The Morgan fingerprint density at radius 3 is 2.30 bits per heavy atom. The van der Waals surface area contributed by atoms with Crippen molar-refractivity contribution < 1.29 is 23.4 Å². The fourth-order valence-corrected chi connectivity index (χ4v) is 3.58. The van der Waals surface area contributed by atoms with Crippen LogP contribution >= 0.6 is 23.2 Å². The van der Waals surface area contributed by atoms with Crippen LogP contribution in [0, 0.1) is 11.6 Å². The minimum Gasteiger partial charge on any atom is -0.508 e. The van der Waals surface area contributed by atoms with Gasteiger partial charge in [0.05, 0.1) is 0 Å². The number of phenolic OH excluding ortho intramolecular Hbond substituents is 1. The molecule has 1 N–H and O–H groups in total. The fraction of sp³-hybridized carbons (Fsp3) is 0.174. The number of rotatable bonds is 7. The number of aromatic hydroxyl groups is 1. The molecule has 0 saturated heterocycles. The second kappa shape index (κ2) is 9.45. The molecule has 0 aliphatic rings. The highest BCUT2D eigenvalue weighted by molar-refractivity contribution is 6.36. The molecule has 3 aromatic carbocycles. The van der Waals surface area contributed by atoms with E-state index in [0.717, 1.165) is 11.6 Å². The number of Topliss-reactive ketones (excluding diaryl/α,β-unsaturated/α-hetero) is 1. The SMILES string of the molecule is CC(=O)COc1cc(Cl)c(Cc2ccc(O)c(Cc3ccc(F)cc3F)c2)c(Cl)c1. The number of ether oxygens (including phenoxy) is 1. The molecule has 0 amide bonds. The molecule has 0 aliphatic carbocycles. The number of hydrogen-bond acceptors (Lipinski definition) is 3. The van der Waals surface area contributed by atoms with Crippen molar-refractivity contribution in [3.8, 4) is 11.5 Å². The van der Waals surface area contributed by atoms with Gasteiger partial charge in [-0.3, -0.25) is 4.79 Å². The van der Waals surface area contributed by atoms with Crippen LogP contribution in [-0.2, 0) is 17.6 Å². The lowest BCUT2D eigenvalue weighted by molar-refractivity contribution is -0.118. The van der Waals surface area contributed by atoms with E-state index >= 15 is 0 Å². The van der Waals surface area contributed by atoms with Crippen LogP contribution in [0.4, 0.5) is 8.78 Å². The van der Waals surface area contributed by atoms with Crippen molar-refractivity contribution in [2.45, 2.75) is 19.8 Å². The number of phenols is 1. The van der Waals surface area contributed by atoms with Crippen LogP contribution in [0.25, 0.3) is 0 Å². The fourth-order valence-electron chi connectivity index (χ4n) is 2.98. The topological polar surface area (TPSA) is 46.5 Å². The van der Waals surface area contributed by atoms with E-state index in [2.05, 4.69) is 0 Å². The Morgan fingerprint density at radius 1 is 0.967 bits per heavy atom. The number of carbonyl (C=O) groups is 1. The van der Waals surface area contributed by atoms with E-state index in [-0.39, 0.29) is 30.1 Å². The predicted octanol–water partition coefficient (Wildman–Crippen LogP) is 6.13. The molecule has 156 valence electrons. The van der Waals surface area contributed by atoms with Crippen molar-refractivity contribution in [1.82, 2.24) is 0 Å². The Kier molecular flexibility index (Phi) is 6.95. The molecule has 30 heavy (non-hydrogen) atoms. The smallest absolute Gasteiger partial charge is 0.167 e. The van der Waals surface area contributed by atoms with E-state index in [1.54, 1.807) is 24.3 Å². The Balaban J connectivity index is 1.84. The van der Waals surface area contributed by atoms with Gasteiger partial charge in [0.1, 0.15) is 29.7 Å². The third kappa shape index (κ3) is 5.49. The molecule has 0 bridgehead atoms. The van der Waals surface area contributed by atoms with Crippen LogP contribution in [0.3, 0.4) is 0 Å². The van der Waals surface area contributed by atoms with E-state index in [0.29, 0.717) is 33.3 Å². The van der Waals surface area contributed by atoms with Gasteiger partial charge in [0, 0.05) is 29.0 Å². The zero-order valence-corrected chi connectivity index (χ0v) is 17.5. The molecule has 0 aliphatic heterocycles. The summed E-state index contributed by atoms with van der Waals surface area (Å²) in [6.45, 7) is 1.34. The van der Waals surface area contributed by atoms with Gasteiger partial charge >= 0.3 is 0 Å². The predicted molar refractivity (Wildman–Crippen MR) is 113 cm³/mol. The number of ketones is 1. The maximum atomic E-state index is 14.0. The Morgan fingerprint density at radius 2 is 1.67 bits per heavy atom. The van der Waals surface area contributed by atoms with E-state index in [1.807, 2.05) is 0 Å². The van der Waals surface area contributed by atoms with Gasteiger partial charge in [0.2, 0.25) is 0 Å². The number of carbonyl (C=O) groups excluding carboxylic acids is 1. The van der Waals surface area contributed by atoms with Crippen LogP contribution in [0.5, 0.6) is 11.5 Å². The highest BCUT2D eigenvalue weighted by Crippen LogP contribution is 2.33. The third-order valence-electron chi connectivity index (χ3n) is 4.48. The minimum atomic E-state index is -0.674. The number of hydrogen-bond donors (Lipinski definition) is 1. The minimum absolute atomic E-state index is 0.00708. The average molecular weight is 451 g/mol. The van der Waals surface area contributed by atoms with E-state index in [4.69, 9.17) is 27.9 Å². The van der Waals surface area contributed by atoms with E-state index < -0.39 is 11.6 Å². The molecule has 3 aromatic rings. The van der Waals surface area contributed by atoms with Gasteiger partial charge < -0.3 is 9.84 Å². The first-order valence-electron chi connectivity index (χ1n) is 9.07. The van der Waals surface area contributed by atoms with Gasteiger partial charge in [-0.05, 0) is 53.4 Å². The summed E-state index contributed by atoms with van der Waals surface area (Å²) in [5.74, 6) is -1.06. The molecule has 3 nitrogen and oxygen atoms in total. The third-order valence-corrected chi connectivity index (χ3v) is 5.15. The Hall–Kier alpha value is -2.63. The first-order valence-corrected chi connectivity index (χ1v) is 9.83. The normalized spacial score (nSPS) is 10.8. The van der Waals surface area contributed by atoms with Crippen molar-refractivity contribution in [3.05, 3.63) is 92.5 Å². The summed E-state index contributed by atoms with van der Waals surface area (Å²) in [5.41, 5.74) is 2.21. The molecule has 0 radical (unpaired) electrons. The van der Waals surface area contributed by atoms with Gasteiger partial charge in [0.25, 0.3) is 0 Å². The average Bonchev–Trinajstić information content (AvgIpc) is 2.67. The van der Waals surface area contributed by atoms with Crippen molar-refractivity contribution in [2.24, 2.45) is 0 Å². The molecular formula is C23H18Cl2F2O3. The van der Waals surface area contributed by atoms with Crippen LogP contribution in [0.15, 0.2) is 48.5 Å². The van der Waals surface area contributed by atoms with Crippen LogP contribution in [-0.4, -0.2) is 17.5 Å². The largest absolute Gasteiger partial charge is 0.508 e. The lowest BCUT2D eigenvalue weighted by Gasteiger charge is -2.13. The highest BCUT2D eigenvalue weighted by atomic mass is 35.5. The van der Waals surface area contributed by atoms with Gasteiger partial charge in [-0.1, -0.05) is 41.4 Å². The van der Waals surface area contributed by atoms with Gasteiger partial charge in [0.15, 0.2) is 5.78 Å². The monoisotopic (exact) mass is 450 g/mol. The molecule has 0 atom stereocenters. The number of benzene rings is 3. The zero-order chi connectivity index (χ0) is 21.8. The first kappa shape index (κ1) is 22.1. The van der Waals surface area contributed by atoms with E-state index in [1.165, 1.54) is 25.1 Å². The van der Waals surface area contributed by atoms with Gasteiger partial charge in [-0.25, -0.2) is 8.78 Å². The van der Waals surface area contributed by atoms with Crippen molar-refractivity contribution >= 4 is 29.0 Å². The maximum absolute atomic E-state index is 14.0. The molecule has 0 aromatic heterocycles. The molecule has 0 unspecified atom stereocenters. The van der Waals surface area contributed by atoms with Crippen LogP contribution in [0.1, 0.15) is 29.2 Å². The standard InChI is InChI=1S/C23H18Cl2F2O3/c1-13(28)12-30-18-10-20(24)19(21(25)11-18)7-14-2-5-23(29)16(6-14)8-15-3-4-17(26)9-22(15)27/h2-6,9-11,29H,7-8,12H2,1H3. The molecule has 3 rings (SSSR count). The Labute approximate surface area is 182 Å². The molecular weight excluding hydrogens is 433 g/mol. The maximum Gasteiger partial charge on any atom is 0.167 e. The molecule has 0 saturated carbocycles. The summed E-state index contributed by atoms with van der Waals surface area (Å²) in [5, 5.41) is 10.9. The van der Waals surface area contributed by atoms with Crippen LogP contribution in [0.2, 0.25) is 10.0 Å². The molecule has 0 heterocycles. The summed E-state index contributed by atoms with van der Waals surface area (Å²) in [6.07, 6.45) is 0.467. The van der Waals surface area contributed by atoms with Gasteiger partial charge in [-0.2, -0.15) is 0 Å². The molecule has 0 spiro atoms. The summed E-state index contributed by atoms with van der Waals surface area (Å²) < 4.78 is 32.4. The summed E-state index contributed by atoms with van der Waals surface area (Å²) in [7, 11) is 0. The second-order valence-corrected chi connectivity index (χ2v) is 7.72. The van der Waals surface area contributed by atoms with Gasteiger partial charge in [-0.15, -0.1) is 0 Å². The Bertz CT molecular complexity index is 1080. The summed E-state index contributed by atoms with van der Waals surface area (Å²) >= 11 is 12.7. The number of halogens is 4. The summed E-state index contributed by atoms with van der Waals surface area (Å²) in [6, 6.07) is 11.5. The molecule has 7 heteroatoms. The van der Waals surface area contributed by atoms with E-state index in [9.17, 15) is 18.7 Å². The van der Waals surface area contributed by atoms with Crippen molar-refractivity contribution in [1.29, 1.82) is 0 Å². The van der Waals surface area contributed by atoms with Crippen LogP contribution < -0.4 is 4.74 Å². The quantitative estimate of drug-likeness (QED) is 0.471. The second-order valence-electron chi connectivity index (χ2n) is 6.91. The van der Waals surface area contributed by atoms with Crippen molar-refractivity contribution in [2.75, 3.05) is 6.61 Å². The van der Waals surface area contributed by atoms with Crippen molar-refractivity contribution in [3.63, 3.8) is 0 Å². The molecule has 0 fully saturated rings.